The summed E-state index contributed by atoms with van der Waals surface area (Å²) in [5.74, 6) is -2.30. The molecule has 7 heteroatoms. The molecule has 1 unspecified atom stereocenters. The highest BCUT2D eigenvalue weighted by atomic mass is 35.5. The van der Waals surface area contributed by atoms with Gasteiger partial charge in [0.1, 0.15) is 17.4 Å². The molecule has 22 heavy (non-hydrogen) atoms. The number of carbonyl (C=O) groups is 1. The Labute approximate surface area is 133 Å². The first-order valence-electron chi connectivity index (χ1n) is 6.28. The lowest BCUT2D eigenvalue weighted by Gasteiger charge is -2.07. The summed E-state index contributed by atoms with van der Waals surface area (Å²) in [6.07, 6.45) is 0. The van der Waals surface area contributed by atoms with Crippen LogP contribution in [0.5, 0.6) is 0 Å². The quantitative estimate of drug-likeness (QED) is 0.903. The van der Waals surface area contributed by atoms with Crippen LogP contribution in [0, 0.1) is 11.6 Å². The standard InChI is InChI=1S/C15H12ClF2NO2S/c16-11-3-1-10(2-4-11)8-22(21)9-15(20)19-14-6-5-12(17)7-13(14)18/h1-7H,8-9H2,(H,19,20). The molecule has 0 spiro atoms. The van der Waals surface area contributed by atoms with E-state index >= 15 is 0 Å². The van der Waals surface area contributed by atoms with Crippen LogP contribution in [0.15, 0.2) is 42.5 Å². The van der Waals surface area contributed by atoms with E-state index in [-0.39, 0.29) is 17.2 Å². The maximum atomic E-state index is 13.4. The third-order valence-corrected chi connectivity index (χ3v) is 4.23. The summed E-state index contributed by atoms with van der Waals surface area (Å²) in [5, 5.41) is 2.84. The van der Waals surface area contributed by atoms with Gasteiger partial charge in [-0.25, -0.2) is 8.78 Å². The predicted molar refractivity (Wildman–Crippen MR) is 83.2 cm³/mol. The Morgan fingerprint density at radius 2 is 1.82 bits per heavy atom. The Morgan fingerprint density at radius 3 is 2.45 bits per heavy atom. The molecule has 0 saturated heterocycles. The fourth-order valence-electron chi connectivity index (χ4n) is 1.74. The van der Waals surface area contributed by atoms with E-state index in [0.717, 1.165) is 17.7 Å². The Balaban J connectivity index is 1.91. The maximum Gasteiger partial charge on any atom is 0.237 e. The van der Waals surface area contributed by atoms with Crippen LogP contribution in [0.25, 0.3) is 0 Å². The van der Waals surface area contributed by atoms with E-state index in [1.54, 1.807) is 24.3 Å². The number of carbonyl (C=O) groups excluding carboxylic acids is 1. The van der Waals surface area contributed by atoms with Crippen molar-refractivity contribution in [3.05, 3.63) is 64.7 Å². The van der Waals surface area contributed by atoms with Crippen LogP contribution in [0.2, 0.25) is 5.02 Å². The Bertz CT molecular complexity index is 707. The van der Waals surface area contributed by atoms with Gasteiger partial charge < -0.3 is 5.32 Å². The summed E-state index contributed by atoms with van der Waals surface area (Å²) < 4.78 is 38.0. The highest BCUT2D eigenvalue weighted by molar-refractivity contribution is 7.84. The molecule has 2 aromatic carbocycles. The molecular weight excluding hydrogens is 332 g/mol. The van der Waals surface area contributed by atoms with Gasteiger partial charge in [-0.05, 0) is 29.8 Å². The van der Waals surface area contributed by atoms with Gasteiger partial charge in [0.2, 0.25) is 5.91 Å². The molecule has 0 radical (unpaired) electrons. The molecule has 116 valence electrons. The van der Waals surface area contributed by atoms with Gasteiger partial charge in [-0.15, -0.1) is 0 Å². The smallest absolute Gasteiger partial charge is 0.237 e. The summed E-state index contributed by atoms with van der Waals surface area (Å²) in [7, 11) is -1.44. The van der Waals surface area contributed by atoms with Crippen molar-refractivity contribution in [3.8, 4) is 0 Å². The van der Waals surface area contributed by atoms with Crippen LogP contribution in [-0.2, 0) is 21.3 Å². The molecular formula is C15H12ClF2NO2S. The first-order valence-corrected chi connectivity index (χ1v) is 8.15. The van der Waals surface area contributed by atoms with Gasteiger partial charge >= 0.3 is 0 Å². The summed E-state index contributed by atoms with van der Waals surface area (Å²) >= 11 is 5.75. The first-order chi connectivity index (χ1) is 10.4. The predicted octanol–water partition coefficient (Wildman–Crippen LogP) is 3.51. The molecule has 0 aliphatic carbocycles. The Kier molecular flexibility index (Phi) is 5.63. The lowest BCUT2D eigenvalue weighted by Crippen LogP contribution is -2.20. The van der Waals surface area contributed by atoms with Crippen LogP contribution in [0.4, 0.5) is 14.5 Å². The van der Waals surface area contributed by atoms with Gasteiger partial charge in [0.05, 0.1) is 5.69 Å². The van der Waals surface area contributed by atoms with E-state index in [1.807, 2.05) is 0 Å². The Hall–Kier alpha value is -1.79. The number of anilines is 1. The molecule has 2 rings (SSSR count). The zero-order valence-corrected chi connectivity index (χ0v) is 12.9. The molecule has 0 bridgehead atoms. The molecule has 0 heterocycles. The minimum Gasteiger partial charge on any atom is -0.323 e. The fraction of sp³-hybridized carbons (Fsp3) is 0.133. The summed E-state index contributed by atoms with van der Waals surface area (Å²) in [4.78, 5) is 11.7. The van der Waals surface area contributed by atoms with Gasteiger partial charge in [-0.3, -0.25) is 9.00 Å². The minimum atomic E-state index is -1.44. The monoisotopic (exact) mass is 343 g/mol. The molecule has 3 nitrogen and oxygen atoms in total. The third-order valence-electron chi connectivity index (χ3n) is 2.74. The zero-order valence-electron chi connectivity index (χ0n) is 11.3. The van der Waals surface area contributed by atoms with Crippen molar-refractivity contribution in [1.29, 1.82) is 0 Å². The minimum absolute atomic E-state index is 0.144. The van der Waals surface area contributed by atoms with Crippen molar-refractivity contribution in [2.75, 3.05) is 11.1 Å². The summed E-state index contributed by atoms with van der Waals surface area (Å²) in [6.45, 7) is 0. The van der Waals surface area contributed by atoms with E-state index in [0.29, 0.717) is 11.1 Å². The normalized spacial score (nSPS) is 12.0. The number of rotatable bonds is 5. The van der Waals surface area contributed by atoms with Crippen molar-refractivity contribution >= 4 is 34.0 Å². The second kappa shape index (κ2) is 7.47. The maximum absolute atomic E-state index is 13.4. The van der Waals surface area contributed by atoms with Gasteiger partial charge in [0.15, 0.2) is 0 Å². The SMILES string of the molecule is O=C(CS(=O)Cc1ccc(Cl)cc1)Nc1ccc(F)cc1F. The zero-order chi connectivity index (χ0) is 16.1. The number of benzene rings is 2. The number of hydrogen-bond acceptors (Lipinski definition) is 2. The van der Waals surface area contributed by atoms with Crippen molar-refractivity contribution < 1.29 is 17.8 Å². The number of hydrogen-bond donors (Lipinski definition) is 1. The second-order valence-corrected chi connectivity index (χ2v) is 6.42. The van der Waals surface area contributed by atoms with Crippen molar-refractivity contribution in [3.63, 3.8) is 0 Å². The Morgan fingerprint density at radius 1 is 1.14 bits per heavy atom. The van der Waals surface area contributed by atoms with E-state index in [9.17, 15) is 17.8 Å². The topological polar surface area (TPSA) is 46.2 Å². The molecule has 1 amide bonds. The largest absolute Gasteiger partial charge is 0.323 e. The highest BCUT2D eigenvalue weighted by Gasteiger charge is 2.12. The number of amides is 1. The second-order valence-electron chi connectivity index (χ2n) is 4.53. The molecule has 1 N–H and O–H groups in total. The lowest BCUT2D eigenvalue weighted by atomic mass is 10.2. The van der Waals surface area contributed by atoms with Gasteiger partial charge in [0.25, 0.3) is 0 Å². The molecule has 0 saturated carbocycles. The molecule has 0 aliphatic rings. The van der Waals surface area contributed by atoms with E-state index in [4.69, 9.17) is 11.6 Å². The molecule has 2 aromatic rings. The van der Waals surface area contributed by atoms with Crippen molar-refractivity contribution in [1.82, 2.24) is 0 Å². The van der Waals surface area contributed by atoms with Crippen LogP contribution in [0.3, 0.4) is 0 Å². The van der Waals surface area contributed by atoms with Gasteiger partial charge in [0, 0.05) is 27.6 Å². The van der Waals surface area contributed by atoms with Crippen LogP contribution in [-0.4, -0.2) is 15.9 Å². The van der Waals surface area contributed by atoms with Gasteiger partial charge in [-0.2, -0.15) is 0 Å². The molecule has 0 fully saturated rings. The average Bonchev–Trinajstić information content (AvgIpc) is 2.44. The summed E-state index contributed by atoms with van der Waals surface area (Å²) in [5.41, 5.74) is 0.637. The highest BCUT2D eigenvalue weighted by Crippen LogP contribution is 2.15. The van der Waals surface area contributed by atoms with Crippen LogP contribution < -0.4 is 5.32 Å². The van der Waals surface area contributed by atoms with Crippen LogP contribution >= 0.6 is 11.6 Å². The number of nitrogens with one attached hydrogen (secondary N) is 1. The van der Waals surface area contributed by atoms with E-state index < -0.39 is 28.3 Å². The first kappa shape index (κ1) is 16.6. The summed E-state index contributed by atoms with van der Waals surface area (Å²) in [6, 6.07) is 9.59. The van der Waals surface area contributed by atoms with E-state index in [1.165, 1.54) is 0 Å². The fourth-order valence-corrected chi connectivity index (χ4v) is 2.90. The molecule has 0 aromatic heterocycles. The van der Waals surface area contributed by atoms with Crippen molar-refractivity contribution in [2.24, 2.45) is 0 Å². The third kappa shape index (κ3) is 4.89. The number of halogens is 3. The lowest BCUT2D eigenvalue weighted by molar-refractivity contribution is -0.113. The average molecular weight is 344 g/mol. The van der Waals surface area contributed by atoms with Crippen LogP contribution in [0.1, 0.15) is 5.56 Å². The molecule has 0 aliphatic heterocycles. The molecule has 1 atom stereocenters. The van der Waals surface area contributed by atoms with Gasteiger partial charge in [-0.1, -0.05) is 23.7 Å². The van der Waals surface area contributed by atoms with Crippen molar-refractivity contribution in [2.45, 2.75) is 5.75 Å². The van der Waals surface area contributed by atoms with E-state index in [2.05, 4.69) is 5.32 Å².